The molecule has 2 atom stereocenters. The van der Waals surface area contributed by atoms with Gasteiger partial charge >= 0.3 is 0 Å². The number of aromatic amines is 1. The Balaban J connectivity index is 2.01. The first kappa shape index (κ1) is 16.6. The molecule has 2 heteroatoms. The quantitative estimate of drug-likeness (QED) is 0.487. The summed E-state index contributed by atoms with van der Waals surface area (Å²) in [5.74, 6) is 0.228. The van der Waals surface area contributed by atoms with Gasteiger partial charge in [0.15, 0.2) is 0 Å². The molecule has 0 aliphatic carbocycles. The largest absolute Gasteiger partial charge is 0.396 e. The fourth-order valence-electron chi connectivity index (χ4n) is 3.86. The van der Waals surface area contributed by atoms with Gasteiger partial charge in [-0.1, -0.05) is 85.8 Å². The topological polar surface area (TPSA) is 36.0 Å². The van der Waals surface area contributed by atoms with Gasteiger partial charge in [0.1, 0.15) is 0 Å². The van der Waals surface area contributed by atoms with Crippen molar-refractivity contribution in [2.75, 3.05) is 6.61 Å². The standard InChI is InChI=1S/C24H23NO/c1-17(16-26)22(18-10-4-2-5-11-18)23-20-14-8-9-15-21(20)25-24(23)19-12-6-3-7-13-19/h2-15,17,22,25-26H,16H2,1H3/t17-,22+/m0/s1. The number of hydrogen-bond donors (Lipinski definition) is 2. The summed E-state index contributed by atoms with van der Waals surface area (Å²) in [4.78, 5) is 3.63. The summed E-state index contributed by atoms with van der Waals surface area (Å²) >= 11 is 0. The predicted octanol–water partition coefficient (Wildman–Crippen LogP) is 5.60. The Bertz CT molecular complexity index is 989. The maximum Gasteiger partial charge on any atom is 0.0503 e. The van der Waals surface area contributed by atoms with E-state index < -0.39 is 0 Å². The number of aliphatic hydroxyl groups is 1. The van der Waals surface area contributed by atoms with Crippen molar-refractivity contribution in [2.24, 2.45) is 5.92 Å². The third kappa shape index (κ3) is 2.93. The van der Waals surface area contributed by atoms with Crippen molar-refractivity contribution in [3.8, 4) is 11.3 Å². The van der Waals surface area contributed by atoms with E-state index in [1.807, 2.05) is 12.1 Å². The van der Waals surface area contributed by atoms with Crippen molar-refractivity contribution >= 4 is 10.9 Å². The predicted molar refractivity (Wildman–Crippen MR) is 108 cm³/mol. The molecule has 26 heavy (non-hydrogen) atoms. The highest BCUT2D eigenvalue weighted by Crippen LogP contribution is 2.42. The van der Waals surface area contributed by atoms with Crippen LogP contribution in [-0.2, 0) is 0 Å². The number of nitrogens with one attached hydrogen (secondary N) is 1. The zero-order valence-electron chi connectivity index (χ0n) is 14.9. The highest BCUT2D eigenvalue weighted by Gasteiger charge is 2.27. The summed E-state index contributed by atoms with van der Waals surface area (Å²) in [6.07, 6.45) is 0. The molecule has 0 spiro atoms. The number of para-hydroxylation sites is 1. The van der Waals surface area contributed by atoms with Crippen molar-refractivity contribution < 1.29 is 5.11 Å². The second kappa shape index (κ2) is 7.19. The normalized spacial score (nSPS) is 13.6. The fraction of sp³-hybridized carbons (Fsp3) is 0.167. The molecule has 2 N–H and O–H groups in total. The summed E-state index contributed by atoms with van der Waals surface area (Å²) in [5.41, 5.74) is 5.94. The molecule has 0 bridgehead atoms. The molecule has 0 aliphatic heterocycles. The molecule has 4 aromatic rings. The number of aliphatic hydroxyl groups excluding tert-OH is 1. The zero-order chi connectivity index (χ0) is 17.9. The Hall–Kier alpha value is -2.84. The molecule has 4 rings (SSSR count). The third-order valence-corrected chi connectivity index (χ3v) is 5.14. The molecular formula is C24H23NO. The van der Waals surface area contributed by atoms with Crippen LogP contribution in [0, 0.1) is 5.92 Å². The van der Waals surface area contributed by atoms with Crippen LogP contribution in [0.25, 0.3) is 22.2 Å². The van der Waals surface area contributed by atoms with Crippen molar-refractivity contribution in [1.29, 1.82) is 0 Å². The zero-order valence-corrected chi connectivity index (χ0v) is 14.9. The van der Waals surface area contributed by atoms with Crippen LogP contribution in [0.5, 0.6) is 0 Å². The minimum Gasteiger partial charge on any atom is -0.396 e. The molecule has 0 radical (unpaired) electrons. The molecule has 1 aromatic heterocycles. The third-order valence-electron chi connectivity index (χ3n) is 5.14. The van der Waals surface area contributed by atoms with Crippen molar-refractivity contribution in [3.05, 3.63) is 96.1 Å². The van der Waals surface area contributed by atoms with Crippen LogP contribution in [-0.4, -0.2) is 16.7 Å². The van der Waals surface area contributed by atoms with Gasteiger partial charge in [0.2, 0.25) is 0 Å². The van der Waals surface area contributed by atoms with E-state index in [-0.39, 0.29) is 18.4 Å². The second-order valence-corrected chi connectivity index (χ2v) is 6.87. The van der Waals surface area contributed by atoms with Crippen molar-refractivity contribution in [1.82, 2.24) is 4.98 Å². The number of fused-ring (bicyclic) bond motifs is 1. The average molecular weight is 341 g/mol. The molecule has 1 heterocycles. The molecule has 0 amide bonds. The van der Waals surface area contributed by atoms with Gasteiger partial charge in [-0.3, -0.25) is 0 Å². The first-order valence-corrected chi connectivity index (χ1v) is 9.11. The summed E-state index contributed by atoms with van der Waals surface area (Å²) in [6.45, 7) is 2.27. The SMILES string of the molecule is C[C@@H](CO)[C@H](c1ccccc1)c1c(-c2ccccc2)[nH]c2ccccc12. The van der Waals surface area contributed by atoms with Crippen LogP contribution in [0.3, 0.4) is 0 Å². The molecule has 0 fully saturated rings. The van der Waals surface area contributed by atoms with Crippen molar-refractivity contribution in [2.45, 2.75) is 12.8 Å². The van der Waals surface area contributed by atoms with E-state index in [0.29, 0.717) is 0 Å². The maximum atomic E-state index is 9.99. The van der Waals surface area contributed by atoms with E-state index in [0.717, 1.165) is 11.2 Å². The molecule has 0 saturated heterocycles. The van der Waals surface area contributed by atoms with Crippen molar-refractivity contribution in [3.63, 3.8) is 0 Å². The second-order valence-electron chi connectivity index (χ2n) is 6.87. The average Bonchev–Trinajstić information content (AvgIpc) is 3.09. The lowest BCUT2D eigenvalue weighted by Crippen LogP contribution is -2.15. The lowest BCUT2D eigenvalue weighted by Gasteiger charge is -2.24. The Labute approximate surface area is 154 Å². The molecule has 130 valence electrons. The lowest BCUT2D eigenvalue weighted by atomic mass is 9.80. The van der Waals surface area contributed by atoms with Gasteiger partial charge in [0.25, 0.3) is 0 Å². The number of benzene rings is 3. The smallest absolute Gasteiger partial charge is 0.0503 e. The fourth-order valence-corrected chi connectivity index (χ4v) is 3.86. The monoisotopic (exact) mass is 341 g/mol. The molecule has 0 aliphatic rings. The van der Waals surface area contributed by atoms with Crippen LogP contribution in [0.15, 0.2) is 84.9 Å². The lowest BCUT2D eigenvalue weighted by molar-refractivity contribution is 0.226. The Morgan fingerprint density at radius 2 is 1.42 bits per heavy atom. The number of rotatable bonds is 5. The van der Waals surface area contributed by atoms with E-state index in [4.69, 9.17) is 0 Å². The van der Waals surface area contributed by atoms with Crippen LogP contribution in [0.4, 0.5) is 0 Å². The van der Waals surface area contributed by atoms with Gasteiger partial charge in [-0.05, 0) is 28.7 Å². The summed E-state index contributed by atoms with van der Waals surface area (Å²) in [5, 5.41) is 11.2. The van der Waals surface area contributed by atoms with Gasteiger partial charge in [-0.25, -0.2) is 0 Å². The highest BCUT2D eigenvalue weighted by molar-refractivity contribution is 5.92. The van der Waals surface area contributed by atoms with Gasteiger partial charge in [-0.15, -0.1) is 0 Å². The summed E-state index contributed by atoms with van der Waals surface area (Å²) in [6, 6.07) is 29.4. The first-order valence-electron chi connectivity index (χ1n) is 9.11. The molecular weight excluding hydrogens is 318 g/mol. The maximum absolute atomic E-state index is 9.99. The molecule has 2 nitrogen and oxygen atoms in total. The van der Waals surface area contributed by atoms with Gasteiger partial charge in [0.05, 0.1) is 5.69 Å². The first-order chi connectivity index (χ1) is 12.8. The van der Waals surface area contributed by atoms with E-state index in [1.165, 1.54) is 22.1 Å². The van der Waals surface area contributed by atoms with Crippen LogP contribution < -0.4 is 0 Å². The van der Waals surface area contributed by atoms with E-state index >= 15 is 0 Å². The number of hydrogen-bond acceptors (Lipinski definition) is 1. The van der Waals surface area contributed by atoms with E-state index in [9.17, 15) is 5.11 Å². The number of H-pyrrole nitrogens is 1. The Morgan fingerprint density at radius 1 is 0.808 bits per heavy atom. The molecule has 0 saturated carbocycles. The van der Waals surface area contributed by atoms with E-state index in [2.05, 4.69) is 84.7 Å². The minimum atomic E-state index is 0.110. The summed E-state index contributed by atoms with van der Waals surface area (Å²) in [7, 11) is 0. The Morgan fingerprint density at radius 3 is 2.12 bits per heavy atom. The van der Waals surface area contributed by atoms with Gasteiger partial charge in [-0.2, -0.15) is 0 Å². The minimum absolute atomic E-state index is 0.110. The van der Waals surface area contributed by atoms with E-state index in [1.54, 1.807) is 0 Å². The number of aromatic nitrogens is 1. The Kier molecular flexibility index (Phi) is 4.59. The summed E-state index contributed by atoms with van der Waals surface area (Å²) < 4.78 is 0. The van der Waals surface area contributed by atoms with Crippen LogP contribution >= 0.6 is 0 Å². The molecule has 0 unspecified atom stereocenters. The van der Waals surface area contributed by atoms with Gasteiger partial charge in [0, 0.05) is 23.4 Å². The van der Waals surface area contributed by atoms with Gasteiger partial charge < -0.3 is 10.1 Å². The van der Waals surface area contributed by atoms with Crippen LogP contribution in [0.1, 0.15) is 24.0 Å². The van der Waals surface area contributed by atoms with Crippen LogP contribution in [0.2, 0.25) is 0 Å². The molecule has 3 aromatic carbocycles. The highest BCUT2D eigenvalue weighted by atomic mass is 16.3.